The van der Waals surface area contributed by atoms with Gasteiger partial charge >= 0.3 is 12.1 Å². The van der Waals surface area contributed by atoms with Gasteiger partial charge < -0.3 is 10.1 Å². The molecule has 0 radical (unpaired) electrons. The van der Waals surface area contributed by atoms with Gasteiger partial charge in [-0.1, -0.05) is 17.7 Å². The van der Waals surface area contributed by atoms with E-state index in [1.165, 1.54) is 31.4 Å². The van der Waals surface area contributed by atoms with Crippen molar-refractivity contribution < 1.29 is 27.5 Å². The van der Waals surface area contributed by atoms with Crippen LogP contribution < -0.4 is 5.32 Å². The summed E-state index contributed by atoms with van der Waals surface area (Å²) in [6, 6.07) is 5.69. The van der Waals surface area contributed by atoms with E-state index in [1.54, 1.807) is 0 Å². The molecule has 1 amide bonds. The fraction of sp³-hybridized carbons (Fsp3) is 0.214. The Labute approximate surface area is 139 Å². The first-order chi connectivity index (χ1) is 11.1. The van der Waals surface area contributed by atoms with E-state index in [4.69, 9.17) is 11.6 Å². The first-order valence-corrected chi connectivity index (χ1v) is 6.82. The van der Waals surface area contributed by atoms with Crippen LogP contribution in [-0.4, -0.2) is 28.8 Å². The second kappa shape index (κ2) is 6.52. The highest BCUT2D eigenvalue weighted by Crippen LogP contribution is 2.36. The third-order valence-corrected chi connectivity index (χ3v) is 3.37. The molecule has 1 heterocycles. The number of anilines is 1. The van der Waals surface area contributed by atoms with Crippen molar-refractivity contribution >= 4 is 29.2 Å². The van der Waals surface area contributed by atoms with E-state index >= 15 is 0 Å². The number of hydrogen-bond acceptors (Lipinski definition) is 4. The number of rotatable bonds is 3. The largest absolute Gasteiger partial charge is 0.465 e. The molecule has 24 heavy (non-hydrogen) atoms. The van der Waals surface area contributed by atoms with E-state index in [0.29, 0.717) is 4.68 Å². The van der Waals surface area contributed by atoms with Gasteiger partial charge in [0, 0.05) is 12.7 Å². The Kier molecular flexibility index (Phi) is 4.83. The van der Waals surface area contributed by atoms with Crippen LogP contribution in [0.4, 0.5) is 18.9 Å². The minimum absolute atomic E-state index is 0.165. The van der Waals surface area contributed by atoms with Crippen molar-refractivity contribution in [1.82, 2.24) is 9.78 Å². The van der Waals surface area contributed by atoms with E-state index in [9.17, 15) is 22.8 Å². The molecule has 0 aliphatic rings. The fourth-order valence-electron chi connectivity index (χ4n) is 1.98. The van der Waals surface area contributed by atoms with Gasteiger partial charge in [-0.2, -0.15) is 18.3 Å². The maximum absolute atomic E-state index is 12.9. The van der Waals surface area contributed by atoms with Crippen molar-refractivity contribution in [2.45, 2.75) is 6.18 Å². The topological polar surface area (TPSA) is 73.2 Å². The van der Waals surface area contributed by atoms with Crippen molar-refractivity contribution in [3.8, 4) is 0 Å². The molecule has 0 aliphatic heterocycles. The number of aryl methyl sites for hydroxylation is 1. The number of methoxy groups -OCH3 is 1. The van der Waals surface area contributed by atoms with E-state index in [2.05, 4.69) is 15.2 Å². The number of aromatic nitrogens is 2. The number of esters is 1. The Balaban J connectivity index is 2.30. The Hall–Kier alpha value is -2.55. The Morgan fingerprint density at radius 1 is 1.33 bits per heavy atom. The van der Waals surface area contributed by atoms with Crippen molar-refractivity contribution in [2.75, 3.05) is 12.4 Å². The summed E-state index contributed by atoms with van der Waals surface area (Å²) in [7, 11) is 2.23. The molecule has 0 unspecified atom stereocenters. The molecular formula is C14H11ClF3N3O3. The van der Waals surface area contributed by atoms with Gasteiger partial charge in [0.05, 0.1) is 12.7 Å². The normalized spacial score (nSPS) is 11.2. The number of benzene rings is 1. The maximum atomic E-state index is 12.9. The van der Waals surface area contributed by atoms with Crippen molar-refractivity contribution in [2.24, 2.45) is 7.05 Å². The number of halogens is 4. The van der Waals surface area contributed by atoms with Crippen LogP contribution in [-0.2, 0) is 18.0 Å². The molecule has 1 aromatic carbocycles. The van der Waals surface area contributed by atoms with Gasteiger partial charge in [-0.05, 0) is 18.2 Å². The van der Waals surface area contributed by atoms with Crippen LogP contribution in [0.5, 0.6) is 0 Å². The molecule has 1 N–H and O–H groups in total. The molecular weight excluding hydrogens is 351 g/mol. The van der Waals surface area contributed by atoms with Gasteiger partial charge in [0.2, 0.25) is 0 Å². The summed E-state index contributed by atoms with van der Waals surface area (Å²) in [6.07, 6.45) is -4.75. The lowest BCUT2D eigenvalue weighted by Gasteiger charge is -2.06. The van der Waals surface area contributed by atoms with Gasteiger partial charge in [-0.15, -0.1) is 0 Å². The third-order valence-electron chi connectivity index (χ3n) is 3.01. The van der Waals surface area contributed by atoms with E-state index in [0.717, 1.165) is 7.05 Å². The van der Waals surface area contributed by atoms with Crippen LogP contribution >= 0.6 is 11.6 Å². The molecule has 0 saturated carbocycles. The van der Waals surface area contributed by atoms with Crippen LogP contribution in [0.25, 0.3) is 0 Å². The standard InChI is InChI=1S/C14H11ClF3N3O3/c1-21-11(14(16,17)18)9(15)10(20-21)12(22)19-8-5-3-4-7(6-8)13(23)24-2/h3-6H,1-2H3,(H,19,22). The molecule has 0 spiro atoms. The molecule has 0 saturated heterocycles. The number of ether oxygens (including phenoxy) is 1. The van der Waals surface area contributed by atoms with Gasteiger partial charge in [0.25, 0.3) is 5.91 Å². The molecule has 0 aliphatic carbocycles. The number of carbonyl (C=O) groups excluding carboxylic acids is 2. The Bertz CT molecular complexity index is 802. The summed E-state index contributed by atoms with van der Waals surface area (Å²) >= 11 is 5.64. The summed E-state index contributed by atoms with van der Waals surface area (Å²) in [5, 5.41) is 5.04. The van der Waals surface area contributed by atoms with Crippen LogP contribution in [0, 0.1) is 0 Å². The molecule has 128 valence electrons. The van der Waals surface area contributed by atoms with E-state index in [-0.39, 0.29) is 11.3 Å². The lowest BCUT2D eigenvalue weighted by molar-refractivity contribution is -0.143. The first-order valence-electron chi connectivity index (χ1n) is 6.44. The number of amides is 1. The molecule has 0 atom stereocenters. The summed E-state index contributed by atoms with van der Waals surface area (Å²) in [5.41, 5.74) is -1.45. The maximum Gasteiger partial charge on any atom is 0.434 e. The van der Waals surface area contributed by atoms with Gasteiger partial charge in [0.1, 0.15) is 5.02 Å². The van der Waals surface area contributed by atoms with Crippen molar-refractivity contribution in [1.29, 1.82) is 0 Å². The zero-order valence-electron chi connectivity index (χ0n) is 12.4. The second-order valence-corrected chi connectivity index (χ2v) is 5.04. The van der Waals surface area contributed by atoms with Crippen LogP contribution in [0.3, 0.4) is 0 Å². The van der Waals surface area contributed by atoms with Crippen LogP contribution in [0.2, 0.25) is 5.02 Å². The lowest BCUT2D eigenvalue weighted by atomic mass is 10.2. The molecule has 0 bridgehead atoms. The quantitative estimate of drug-likeness (QED) is 0.852. The predicted molar refractivity (Wildman–Crippen MR) is 79.0 cm³/mol. The van der Waals surface area contributed by atoms with Gasteiger partial charge in [0.15, 0.2) is 11.4 Å². The fourth-order valence-corrected chi connectivity index (χ4v) is 2.34. The number of hydrogen-bond donors (Lipinski definition) is 1. The zero-order chi connectivity index (χ0) is 18.1. The summed E-state index contributed by atoms with van der Waals surface area (Å²) < 4.78 is 43.6. The third kappa shape index (κ3) is 3.51. The Morgan fingerprint density at radius 2 is 2.00 bits per heavy atom. The summed E-state index contributed by atoms with van der Waals surface area (Å²) in [6.45, 7) is 0. The molecule has 2 aromatic rings. The Morgan fingerprint density at radius 3 is 2.54 bits per heavy atom. The minimum atomic E-state index is -4.75. The molecule has 6 nitrogen and oxygen atoms in total. The molecule has 1 aromatic heterocycles. The molecule has 10 heteroatoms. The van der Waals surface area contributed by atoms with Crippen LogP contribution in [0.1, 0.15) is 26.5 Å². The monoisotopic (exact) mass is 361 g/mol. The number of nitrogens with zero attached hydrogens (tertiary/aromatic N) is 2. The minimum Gasteiger partial charge on any atom is -0.465 e. The smallest absolute Gasteiger partial charge is 0.434 e. The van der Waals surface area contributed by atoms with Gasteiger partial charge in [-0.3, -0.25) is 9.48 Å². The van der Waals surface area contributed by atoms with Crippen LogP contribution in [0.15, 0.2) is 24.3 Å². The average Bonchev–Trinajstić information content (AvgIpc) is 2.81. The number of nitrogens with one attached hydrogen (secondary N) is 1. The van der Waals surface area contributed by atoms with Gasteiger partial charge in [-0.25, -0.2) is 4.79 Å². The summed E-state index contributed by atoms with van der Waals surface area (Å²) in [5.74, 6) is -1.56. The summed E-state index contributed by atoms with van der Waals surface area (Å²) in [4.78, 5) is 23.6. The zero-order valence-corrected chi connectivity index (χ0v) is 13.2. The average molecular weight is 362 g/mol. The lowest BCUT2D eigenvalue weighted by Crippen LogP contribution is -2.14. The van der Waals surface area contributed by atoms with Crippen molar-refractivity contribution in [3.63, 3.8) is 0 Å². The molecule has 0 fully saturated rings. The number of carbonyl (C=O) groups is 2. The highest BCUT2D eigenvalue weighted by atomic mass is 35.5. The highest BCUT2D eigenvalue weighted by Gasteiger charge is 2.40. The van der Waals surface area contributed by atoms with E-state index < -0.39 is 34.5 Å². The number of alkyl halides is 3. The first kappa shape index (κ1) is 17.8. The predicted octanol–water partition coefficient (Wildman–Crippen LogP) is 3.13. The second-order valence-electron chi connectivity index (χ2n) is 4.66. The SMILES string of the molecule is COC(=O)c1cccc(NC(=O)c2nn(C)c(C(F)(F)F)c2Cl)c1. The highest BCUT2D eigenvalue weighted by molar-refractivity contribution is 6.34. The van der Waals surface area contributed by atoms with Crippen molar-refractivity contribution in [3.05, 3.63) is 46.2 Å². The van der Waals surface area contributed by atoms with E-state index in [1.807, 2.05) is 0 Å². The molecule has 2 rings (SSSR count).